The SMILES string of the molecule is Nc1ccc(OCc2cccc(Cl)c2F)c(C(F)(F)F)c1. The van der Waals surface area contributed by atoms with E-state index >= 15 is 0 Å². The highest BCUT2D eigenvalue weighted by molar-refractivity contribution is 6.30. The minimum atomic E-state index is -4.61. The number of hydrogen-bond acceptors (Lipinski definition) is 2. The van der Waals surface area contributed by atoms with Gasteiger partial charge in [0.15, 0.2) is 0 Å². The Labute approximate surface area is 123 Å². The largest absolute Gasteiger partial charge is 0.488 e. The molecule has 0 unspecified atom stereocenters. The van der Waals surface area contributed by atoms with Gasteiger partial charge in [0, 0.05) is 11.3 Å². The number of ether oxygens (including phenoxy) is 1. The van der Waals surface area contributed by atoms with Crippen LogP contribution in [0.25, 0.3) is 0 Å². The summed E-state index contributed by atoms with van der Waals surface area (Å²) < 4.78 is 57.3. The molecule has 0 amide bonds. The smallest absolute Gasteiger partial charge is 0.420 e. The van der Waals surface area contributed by atoms with Crippen LogP contribution in [0.15, 0.2) is 36.4 Å². The monoisotopic (exact) mass is 319 g/mol. The molecule has 2 N–H and O–H groups in total. The molecule has 0 saturated heterocycles. The molecule has 0 atom stereocenters. The van der Waals surface area contributed by atoms with Crippen molar-refractivity contribution < 1.29 is 22.3 Å². The fraction of sp³-hybridized carbons (Fsp3) is 0.143. The van der Waals surface area contributed by atoms with E-state index < -0.39 is 23.3 Å². The lowest BCUT2D eigenvalue weighted by atomic mass is 10.1. The van der Waals surface area contributed by atoms with Crippen molar-refractivity contribution in [2.24, 2.45) is 0 Å². The van der Waals surface area contributed by atoms with E-state index in [0.717, 1.165) is 12.1 Å². The number of rotatable bonds is 3. The Hall–Kier alpha value is -1.95. The molecule has 0 spiro atoms. The number of halogens is 5. The van der Waals surface area contributed by atoms with Crippen molar-refractivity contribution >= 4 is 17.3 Å². The van der Waals surface area contributed by atoms with Gasteiger partial charge in [-0.25, -0.2) is 4.39 Å². The molecular formula is C14H10ClF4NO. The Bertz CT molecular complexity index is 658. The lowest BCUT2D eigenvalue weighted by Crippen LogP contribution is -2.10. The summed E-state index contributed by atoms with van der Waals surface area (Å²) in [6, 6.07) is 7.34. The number of nitrogens with two attached hydrogens (primary N) is 1. The zero-order valence-electron chi connectivity index (χ0n) is 10.5. The first kappa shape index (κ1) is 15.4. The molecule has 0 bridgehead atoms. The lowest BCUT2D eigenvalue weighted by molar-refractivity contribution is -0.139. The van der Waals surface area contributed by atoms with Crippen molar-refractivity contribution in [3.05, 3.63) is 58.4 Å². The van der Waals surface area contributed by atoms with Crippen molar-refractivity contribution in [2.75, 3.05) is 5.73 Å². The molecule has 21 heavy (non-hydrogen) atoms. The van der Waals surface area contributed by atoms with Crippen molar-refractivity contribution in [2.45, 2.75) is 12.8 Å². The quantitative estimate of drug-likeness (QED) is 0.659. The Morgan fingerprint density at radius 1 is 1.14 bits per heavy atom. The Morgan fingerprint density at radius 3 is 2.52 bits per heavy atom. The second kappa shape index (κ2) is 5.81. The van der Waals surface area contributed by atoms with E-state index in [1.54, 1.807) is 0 Å². The van der Waals surface area contributed by atoms with Gasteiger partial charge < -0.3 is 10.5 Å². The zero-order valence-corrected chi connectivity index (χ0v) is 11.3. The van der Waals surface area contributed by atoms with Gasteiger partial charge in [-0.15, -0.1) is 0 Å². The number of alkyl halides is 3. The summed E-state index contributed by atoms with van der Waals surface area (Å²) in [5, 5.41) is -0.121. The third-order valence-corrected chi connectivity index (χ3v) is 3.02. The van der Waals surface area contributed by atoms with Gasteiger partial charge in [0.2, 0.25) is 0 Å². The summed E-state index contributed by atoms with van der Waals surface area (Å²) in [5.41, 5.74) is 4.36. The van der Waals surface area contributed by atoms with E-state index in [4.69, 9.17) is 22.1 Å². The molecule has 2 nitrogen and oxygen atoms in total. The fourth-order valence-corrected chi connectivity index (χ4v) is 1.90. The molecule has 0 saturated carbocycles. The van der Waals surface area contributed by atoms with Gasteiger partial charge in [0.05, 0.1) is 10.6 Å². The van der Waals surface area contributed by atoms with Crippen LogP contribution >= 0.6 is 11.6 Å². The molecule has 7 heteroatoms. The topological polar surface area (TPSA) is 35.2 Å². The van der Waals surface area contributed by atoms with E-state index in [0.29, 0.717) is 0 Å². The van der Waals surface area contributed by atoms with Crippen molar-refractivity contribution in [3.63, 3.8) is 0 Å². The lowest BCUT2D eigenvalue weighted by Gasteiger charge is -2.15. The Kier molecular flexibility index (Phi) is 4.27. The summed E-state index contributed by atoms with van der Waals surface area (Å²) in [4.78, 5) is 0. The molecule has 0 radical (unpaired) electrons. The number of nitrogen functional groups attached to an aromatic ring is 1. The number of benzene rings is 2. The van der Waals surface area contributed by atoms with Crippen LogP contribution in [0.1, 0.15) is 11.1 Å². The van der Waals surface area contributed by atoms with Crippen LogP contribution in [0, 0.1) is 5.82 Å². The molecule has 0 fully saturated rings. The van der Waals surface area contributed by atoms with Crippen LogP contribution < -0.4 is 10.5 Å². The van der Waals surface area contributed by atoms with Gasteiger partial charge >= 0.3 is 6.18 Å². The maximum atomic E-state index is 13.6. The van der Waals surface area contributed by atoms with Gasteiger partial charge in [-0.1, -0.05) is 23.7 Å². The minimum Gasteiger partial charge on any atom is -0.488 e. The molecular weight excluding hydrogens is 310 g/mol. The highest BCUT2D eigenvalue weighted by atomic mass is 35.5. The van der Waals surface area contributed by atoms with Gasteiger partial charge in [0.25, 0.3) is 0 Å². The summed E-state index contributed by atoms with van der Waals surface area (Å²) in [6.45, 7) is -0.376. The average Bonchev–Trinajstić information content (AvgIpc) is 2.40. The number of anilines is 1. The predicted molar refractivity (Wildman–Crippen MR) is 71.6 cm³/mol. The maximum absolute atomic E-state index is 13.6. The van der Waals surface area contributed by atoms with Gasteiger partial charge in [0.1, 0.15) is 18.2 Å². The first-order valence-corrected chi connectivity index (χ1v) is 6.19. The summed E-state index contributed by atoms with van der Waals surface area (Å²) in [5.74, 6) is -1.14. The predicted octanol–water partition coefficient (Wildman–Crippen LogP) is 4.66. The van der Waals surface area contributed by atoms with Crippen LogP contribution in [-0.2, 0) is 12.8 Å². The highest BCUT2D eigenvalue weighted by Crippen LogP contribution is 2.37. The molecule has 112 valence electrons. The Balaban J connectivity index is 2.26. The molecule has 2 aromatic rings. The third kappa shape index (κ3) is 3.58. The second-order valence-electron chi connectivity index (χ2n) is 4.25. The second-order valence-corrected chi connectivity index (χ2v) is 4.66. The van der Waals surface area contributed by atoms with Crippen LogP contribution in [0.3, 0.4) is 0 Å². The number of hydrogen-bond donors (Lipinski definition) is 1. The Morgan fingerprint density at radius 2 is 1.86 bits per heavy atom. The normalized spacial score (nSPS) is 11.5. The third-order valence-electron chi connectivity index (χ3n) is 2.72. The van der Waals surface area contributed by atoms with Gasteiger partial charge in [-0.2, -0.15) is 13.2 Å². The van der Waals surface area contributed by atoms with Crippen LogP contribution in [-0.4, -0.2) is 0 Å². The minimum absolute atomic E-state index is 0.0383. The van der Waals surface area contributed by atoms with E-state index in [-0.39, 0.29) is 22.9 Å². The van der Waals surface area contributed by atoms with Crippen LogP contribution in [0.2, 0.25) is 5.02 Å². The van der Waals surface area contributed by atoms with Gasteiger partial charge in [-0.05, 0) is 24.3 Å². The molecule has 0 aromatic heterocycles. The van der Waals surface area contributed by atoms with E-state index in [1.165, 1.54) is 24.3 Å². The average molecular weight is 320 g/mol. The van der Waals surface area contributed by atoms with Crippen molar-refractivity contribution in [1.82, 2.24) is 0 Å². The maximum Gasteiger partial charge on any atom is 0.420 e. The molecule has 0 heterocycles. The van der Waals surface area contributed by atoms with Gasteiger partial charge in [-0.3, -0.25) is 0 Å². The van der Waals surface area contributed by atoms with E-state index in [9.17, 15) is 17.6 Å². The summed E-state index contributed by atoms with van der Waals surface area (Å²) in [6.07, 6.45) is -4.61. The summed E-state index contributed by atoms with van der Waals surface area (Å²) >= 11 is 5.59. The summed E-state index contributed by atoms with van der Waals surface area (Å²) in [7, 11) is 0. The first-order chi connectivity index (χ1) is 9.79. The fourth-order valence-electron chi connectivity index (χ4n) is 1.71. The van der Waals surface area contributed by atoms with E-state index in [2.05, 4.69) is 0 Å². The highest BCUT2D eigenvalue weighted by Gasteiger charge is 2.34. The molecule has 0 aliphatic carbocycles. The molecule has 0 aliphatic heterocycles. The molecule has 2 aromatic carbocycles. The van der Waals surface area contributed by atoms with Crippen molar-refractivity contribution in [3.8, 4) is 5.75 Å². The van der Waals surface area contributed by atoms with Crippen molar-refractivity contribution in [1.29, 1.82) is 0 Å². The first-order valence-electron chi connectivity index (χ1n) is 5.81. The zero-order chi connectivity index (χ0) is 15.6. The van der Waals surface area contributed by atoms with Crippen LogP contribution in [0.5, 0.6) is 5.75 Å². The molecule has 0 aliphatic rings. The molecule has 2 rings (SSSR count). The van der Waals surface area contributed by atoms with Crippen LogP contribution in [0.4, 0.5) is 23.2 Å². The standard InChI is InChI=1S/C14H10ClF4NO/c15-11-3-1-2-8(13(11)16)7-21-12-5-4-9(20)6-10(12)14(17,18)19/h1-6H,7,20H2. The van der Waals surface area contributed by atoms with E-state index in [1.807, 2.05) is 0 Å².